The van der Waals surface area contributed by atoms with Gasteiger partial charge in [0.25, 0.3) is 0 Å². The van der Waals surface area contributed by atoms with E-state index in [4.69, 9.17) is 47.4 Å². The molecule has 16 nitrogen and oxygen atoms in total. The van der Waals surface area contributed by atoms with E-state index in [-0.39, 0.29) is 18.6 Å². The van der Waals surface area contributed by atoms with Gasteiger partial charge >= 0.3 is 11.9 Å². The van der Waals surface area contributed by atoms with Crippen molar-refractivity contribution in [2.45, 2.75) is 36.9 Å². The third-order valence-corrected chi connectivity index (χ3v) is 10.1. The number of esters is 2. The highest BCUT2D eigenvalue weighted by Crippen LogP contribution is 2.53. The van der Waals surface area contributed by atoms with E-state index in [1.807, 2.05) is 0 Å². The molecule has 1 heterocycles. The fourth-order valence-corrected chi connectivity index (χ4v) is 7.05. The number of rotatable bonds is 19. The lowest BCUT2D eigenvalue weighted by Gasteiger charge is -2.24. The maximum atomic E-state index is 14.8. The quantitative estimate of drug-likeness (QED) is 0.0972. The maximum Gasteiger partial charge on any atom is 0.328 e. The van der Waals surface area contributed by atoms with Gasteiger partial charge in [-0.3, -0.25) is 9.59 Å². The van der Waals surface area contributed by atoms with Crippen LogP contribution < -0.4 is 48.5 Å². The normalized spacial score (nSPS) is 15.0. The molecule has 2 amide bonds. The number of amides is 2. The highest BCUT2D eigenvalue weighted by Gasteiger charge is 2.45. The molecule has 1 aliphatic rings. The van der Waals surface area contributed by atoms with Gasteiger partial charge in [-0.25, -0.2) is 9.59 Å². The van der Waals surface area contributed by atoms with Gasteiger partial charge < -0.3 is 58.0 Å². The van der Waals surface area contributed by atoms with Gasteiger partial charge in [0.05, 0.1) is 64.0 Å². The van der Waals surface area contributed by atoms with Crippen molar-refractivity contribution >= 4 is 29.8 Å². The van der Waals surface area contributed by atoms with Crippen LogP contribution >= 0.6 is 0 Å². The Hall–Kier alpha value is -7.10. The second-order valence-corrected chi connectivity index (χ2v) is 13.5. The lowest BCUT2D eigenvalue weighted by Crippen LogP contribution is -2.45. The zero-order valence-corrected chi connectivity index (χ0v) is 35.4. The number of hydrogen-bond donors (Lipinski definition) is 2. The van der Waals surface area contributed by atoms with Gasteiger partial charge in [0.2, 0.25) is 11.8 Å². The number of nitrogens with one attached hydrogen (secondary N) is 2. The molecule has 0 saturated heterocycles. The van der Waals surface area contributed by atoms with Crippen molar-refractivity contribution in [3.05, 3.63) is 101 Å². The SMILES string of the molecule is COC(=O)C(Cc1ccc(OC)c(OC)c1)NC(=O)/C=C/c1ccc(OC)c2c1C(C(=O)NC(Cc1ccc(OC)c(OC)c1)C(=O)OC)C(c1ccc(OC)c(OC)c1)O2. The van der Waals surface area contributed by atoms with Crippen LogP contribution in [0, 0.1) is 0 Å². The van der Waals surface area contributed by atoms with Crippen LogP contribution in [0.15, 0.2) is 72.8 Å². The second kappa shape index (κ2) is 20.7. The summed E-state index contributed by atoms with van der Waals surface area (Å²) in [5.41, 5.74) is 2.65. The molecule has 4 aromatic carbocycles. The third-order valence-electron chi connectivity index (χ3n) is 10.1. The van der Waals surface area contributed by atoms with E-state index in [1.54, 1.807) is 66.7 Å². The Morgan fingerprint density at radius 2 is 1.03 bits per heavy atom. The molecular formula is C45H50N2O14. The summed E-state index contributed by atoms with van der Waals surface area (Å²) in [5.74, 6) is -0.443. The average molecular weight is 843 g/mol. The van der Waals surface area contributed by atoms with Crippen LogP contribution in [-0.2, 0) is 41.5 Å². The van der Waals surface area contributed by atoms with Crippen molar-refractivity contribution in [1.82, 2.24) is 10.6 Å². The number of benzene rings is 4. The molecule has 0 fully saturated rings. The van der Waals surface area contributed by atoms with Gasteiger partial charge in [0, 0.05) is 24.5 Å². The van der Waals surface area contributed by atoms with Crippen molar-refractivity contribution in [3.8, 4) is 46.0 Å². The predicted molar refractivity (Wildman–Crippen MR) is 222 cm³/mol. The van der Waals surface area contributed by atoms with Gasteiger partial charge in [0.15, 0.2) is 46.0 Å². The Bertz CT molecular complexity index is 2260. The predicted octanol–water partition coefficient (Wildman–Crippen LogP) is 4.78. The minimum Gasteiger partial charge on any atom is -0.493 e. The van der Waals surface area contributed by atoms with Crippen molar-refractivity contribution in [3.63, 3.8) is 0 Å². The van der Waals surface area contributed by atoms with Crippen molar-refractivity contribution in [2.24, 2.45) is 0 Å². The molecule has 0 spiro atoms. The number of ether oxygens (including phenoxy) is 10. The minimum absolute atomic E-state index is 0.0376. The number of fused-ring (bicyclic) bond motifs is 1. The molecule has 0 aliphatic carbocycles. The number of hydrogen-bond acceptors (Lipinski definition) is 14. The highest BCUT2D eigenvalue weighted by atomic mass is 16.5. The lowest BCUT2D eigenvalue weighted by molar-refractivity contribution is -0.145. The molecule has 0 aromatic heterocycles. The largest absolute Gasteiger partial charge is 0.493 e. The van der Waals surface area contributed by atoms with Gasteiger partial charge in [-0.1, -0.05) is 24.3 Å². The summed E-state index contributed by atoms with van der Waals surface area (Å²) in [7, 11) is 12.9. The lowest BCUT2D eigenvalue weighted by atomic mass is 9.86. The molecule has 324 valence electrons. The Balaban J connectivity index is 1.53. The summed E-state index contributed by atoms with van der Waals surface area (Å²) in [6, 6.07) is 16.5. The Morgan fingerprint density at radius 3 is 1.52 bits per heavy atom. The fraction of sp³-hybridized carbons (Fsp3) is 0.333. The topological polar surface area (TPSA) is 185 Å². The number of carbonyl (C=O) groups is 4. The molecule has 0 bridgehead atoms. The van der Waals surface area contributed by atoms with E-state index in [1.165, 1.54) is 76.1 Å². The van der Waals surface area contributed by atoms with Gasteiger partial charge in [0.1, 0.15) is 24.1 Å². The molecule has 5 rings (SSSR count). The zero-order valence-electron chi connectivity index (χ0n) is 35.4. The summed E-state index contributed by atoms with van der Waals surface area (Å²) in [4.78, 5) is 54.5. The monoisotopic (exact) mass is 842 g/mol. The summed E-state index contributed by atoms with van der Waals surface area (Å²) < 4.78 is 55.0. The molecule has 4 unspecified atom stereocenters. The van der Waals surface area contributed by atoms with Crippen molar-refractivity contribution in [1.29, 1.82) is 0 Å². The first-order valence-corrected chi connectivity index (χ1v) is 18.9. The average Bonchev–Trinajstić information content (AvgIpc) is 3.70. The maximum absolute atomic E-state index is 14.8. The van der Waals surface area contributed by atoms with Crippen molar-refractivity contribution in [2.75, 3.05) is 64.0 Å². The van der Waals surface area contributed by atoms with E-state index in [0.29, 0.717) is 68.1 Å². The third kappa shape index (κ3) is 10.2. The van der Waals surface area contributed by atoms with E-state index in [2.05, 4.69) is 10.6 Å². The fourth-order valence-electron chi connectivity index (χ4n) is 7.05. The molecule has 1 aliphatic heterocycles. The van der Waals surface area contributed by atoms with Crippen LogP contribution in [0.5, 0.6) is 46.0 Å². The van der Waals surface area contributed by atoms with E-state index in [0.717, 1.165) is 0 Å². The van der Waals surface area contributed by atoms with E-state index < -0.39 is 47.9 Å². The van der Waals surface area contributed by atoms with Crippen LogP contribution in [0.4, 0.5) is 0 Å². The zero-order chi connectivity index (χ0) is 44.2. The Labute approximate surface area is 353 Å². The molecule has 61 heavy (non-hydrogen) atoms. The number of carbonyl (C=O) groups excluding carboxylic acids is 4. The summed E-state index contributed by atoms with van der Waals surface area (Å²) in [6.07, 6.45) is 1.87. The summed E-state index contributed by atoms with van der Waals surface area (Å²) in [6.45, 7) is 0. The Morgan fingerprint density at radius 1 is 0.574 bits per heavy atom. The smallest absolute Gasteiger partial charge is 0.328 e. The summed E-state index contributed by atoms with van der Waals surface area (Å²) in [5, 5.41) is 5.61. The van der Waals surface area contributed by atoms with Crippen LogP contribution in [0.2, 0.25) is 0 Å². The first kappa shape index (κ1) is 45.0. The standard InChI is InChI=1S/C45H50N2O14/c1-52-31-15-10-25(22-35(31)56-5)20-29(44(50)59-8)46-38(48)19-14-27-12-18-34(55-4)42-39(27)40(41(61-42)28-13-17-33(54-3)37(24-28)58-7)43(49)47-30(45(51)60-9)21-26-11-16-32(53-2)36(23-26)57-6/h10-19,22-24,29-30,40-41H,20-21H2,1-9H3,(H,46,48)(H,47,49)/b19-14+. The molecule has 16 heteroatoms. The van der Waals surface area contributed by atoms with Crippen LogP contribution in [0.1, 0.15) is 39.8 Å². The number of methoxy groups -OCH3 is 9. The van der Waals surface area contributed by atoms with Crippen LogP contribution in [-0.4, -0.2) is 99.8 Å². The minimum atomic E-state index is -1.15. The molecule has 2 N–H and O–H groups in total. The van der Waals surface area contributed by atoms with Gasteiger partial charge in [-0.05, 0) is 70.8 Å². The van der Waals surface area contributed by atoms with Crippen LogP contribution in [0.25, 0.3) is 6.08 Å². The second-order valence-electron chi connectivity index (χ2n) is 13.5. The van der Waals surface area contributed by atoms with Gasteiger partial charge in [-0.2, -0.15) is 0 Å². The molecule has 4 aromatic rings. The van der Waals surface area contributed by atoms with Gasteiger partial charge in [-0.15, -0.1) is 0 Å². The molecule has 0 radical (unpaired) electrons. The van der Waals surface area contributed by atoms with E-state index in [9.17, 15) is 19.2 Å². The molecular weight excluding hydrogens is 792 g/mol. The summed E-state index contributed by atoms with van der Waals surface area (Å²) >= 11 is 0. The highest BCUT2D eigenvalue weighted by molar-refractivity contribution is 5.96. The molecule has 0 saturated carbocycles. The molecule has 4 atom stereocenters. The van der Waals surface area contributed by atoms with E-state index >= 15 is 0 Å². The van der Waals surface area contributed by atoms with Crippen molar-refractivity contribution < 1.29 is 66.5 Å². The Kier molecular flexibility index (Phi) is 15.3. The first-order valence-electron chi connectivity index (χ1n) is 18.9. The first-order chi connectivity index (χ1) is 29.5. The van der Waals surface area contributed by atoms with Crippen LogP contribution in [0.3, 0.4) is 0 Å².